The summed E-state index contributed by atoms with van der Waals surface area (Å²) in [5.41, 5.74) is 5.00. The number of carbonyl (C=O) groups excluding carboxylic acids is 1. The Morgan fingerprint density at radius 2 is 2.05 bits per heavy atom. The molecule has 1 amide bonds. The van der Waals surface area contributed by atoms with Gasteiger partial charge in [0.2, 0.25) is 5.91 Å². The molecule has 0 radical (unpaired) electrons. The van der Waals surface area contributed by atoms with Gasteiger partial charge < -0.3 is 16.3 Å². The number of carbonyl (C=O) groups is 1. The van der Waals surface area contributed by atoms with E-state index in [4.69, 9.17) is 10.9 Å². The van der Waals surface area contributed by atoms with Crippen molar-refractivity contribution >= 4 is 11.7 Å². The lowest BCUT2D eigenvalue weighted by Crippen LogP contribution is -2.37. The van der Waals surface area contributed by atoms with Gasteiger partial charge in [-0.15, -0.1) is 0 Å². The summed E-state index contributed by atoms with van der Waals surface area (Å²) in [7, 11) is 0. The third-order valence-corrected chi connectivity index (χ3v) is 2.45. The van der Waals surface area contributed by atoms with Crippen LogP contribution in [0, 0.1) is 11.6 Å². The highest BCUT2D eigenvalue weighted by Gasteiger charge is 2.15. The third kappa shape index (κ3) is 4.53. The number of nitrogens with one attached hydrogen (secondary N) is 1. The average Bonchev–Trinajstić information content (AvgIpc) is 2.33. The maximum Gasteiger partial charge on any atom is 0.224 e. The number of hydrogen-bond donors (Lipinski definition) is 3. The van der Waals surface area contributed by atoms with Crippen LogP contribution in [0.4, 0.5) is 8.78 Å². The van der Waals surface area contributed by atoms with Crippen molar-refractivity contribution in [3.05, 3.63) is 35.4 Å². The third-order valence-electron chi connectivity index (χ3n) is 2.45. The van der Waals surface area contributed by atoms with Crippen LogP contribution in [-0.2, 0) is 11.2 Å². The van der Waals surface area contributed by atoms with E-state index in [-0.39, 0.29) is 17.8 Å². The van der Waals surface area contributed by atoms with Crippen LogP contribution >= 0.6 is 0 Å². The minimum absolute atomic E-state index is 0.0372. The number of benzene rings is 1. The smallest absolute Gasteiger partial charge is 0.224 e. The molecule has 0 saturated carbocycles. The second-order valence-corrected chi connectivity index (χ2v) is 4.14. The molecule has 1 rings (SSSR count). The molecule has 0 heterocycles. The first-order chi connectivity index (χ1) is 8.93. The van der Waals surface area contributed by atoms with Crippen molar-refractivity contribution in [3.63, 3.8) is 0 Å². The standard InChI is InChI=1S/C12H15F2N3O2/c1-7(5-11(15)17-19)16-12(18)6-8-9(13)3-2-4-10(8)14/h2-4,7,19H,5-6H2,1H3,(H2,15,17)(H,16,18). The van der Waals surface area contributed by atoms with Gasteiger partial charge in [0.05, 0.1) is 6.42 Å². The molecule has 19 heavy (non-hydrogen) atoms. The van der Waals surface area contributed by atoms with Crippen LogP contribution in [0.3, 0.4) is 0 Å². The van der Waals surface area contributed by atoms with Crippen LogP contribution in [0.5, 0.6) is 0 Å². The van der Waals surface area contributed by atoms with Gasteiger partial charge in [-0.05, 0) is 19.1 Å². The van der Waals surface area contributed by atoms with Gasteiger partial charge in [-0.2, -0.15) is 0 Å². The average molecular weight is 271 g/mol. The number of hydrogen-bond acceptors (Lipinski definition) is 3. The van der Waals surface area contributed by atoms with Crippen molar-refractivity contribution in [1.82, 2.24) is 5.32 Å². The van der Waals surface area contributed by atoms with E-state index in [0.29, 0.717) is 0 Å². The van der Waals surface area contributed by atoms with E-state index >= 15 is 0 Å². The van der Waals surface area contributed by atoms with Crippen molar-refractivity contribution in [2.75, 3.05) is 0 Å². The molecule has 1 aromatic rings. The molecule has 104 valence electrons. The molecule has 0 fully saturated rings. The summed E-state index contributed by atoms with van der Waals surface area (Å²) < 4.78 is 26.6. The lowest BCUT2D eigenvalue weighted by molar-refractivity contribution is -0.121. The second-order valence-electron chi connectivity index (χ2n) is 4.14. The summed E-state index contributed by atoms with van der Waals surface area (Å²) in [6.45, 7) is 1.63. The van der Waals surface area contributed by atoms with Crippen LogP contribution in [0.15, 0.2) is 23.4 Å². The Morgan fingerprint density at radius 1 is 1.47 bits per heavy atom. The Bertz CT molecular complexity index is 472. The fraction of sp³-hybridized carbons (Fsp3) is 0.333. The summed E-state index contributed by atoms with van der Waals surface area (Å²) >= 11 is 0. The van der Waals surface area contributed by atoms with Crippen LogP contribution in [0.2, 0.25) is 0 Å². The Kier molecular flexibility index (Phi) is 5.23. The predicted octanol–water partition coefficient (Wildman–Crippen LogP) is 1.15. The maximum atomic E-state index is 13.3. The quantitative estimate of drug-likeness (QED) is 0.325. The van der Waals surface area contributed by atoms with E-state index in [9.17, 15) is 13.6 Å². The van der Waals surface area contributed by atoms with Crippen LogP contribution in [0.1, 0.15) is 18.9 Å². The Morgan fingerprint density at radius 3 is 2.58 bits per heavy atom. The minimum Gasteiger partial charge on any atom is -0.409 e. The highest BCUT2D eigenvalue weighted by Crippen LogP contribution is 2.12. The topological polar surface area (TPSA) is 87.7 Å². The summed E-state index contributed by atoms with van der Waals surface area (Å²) in [5, 5.41) is 13.7. The lowest BCUT2D eigenvalue weighted by atomic mass is 10.1. The summed E-state index contributed by atoms with van der Waals surface area (Å²) in [6.07, 6.45) is -0.263. The molecule has 0 saturated heterocycles. The van der Waals surface area contributed by atoms with E-state index < -0.39 is 30.0 Å². The first-order valence-electron chi connectivity index (χ1n) is 5.62. The van der Waals surface area contributed by atoms with Gasteiger partial charge >= 0.3 is 0 Å². The van der Waals surface area contributed by atoms with Crippen molar-refractivity contribution in [1.29, 1.82) is 0 Å². The molecule has 1 unspecified atom stereocenters. The molecule has 7 heteroatoms. The number of amidine groups is 1. The van der Waals surface area contributed by atoms with E-state index in [1.165, 1.54) is 6.07 Å². The molecule has 5 nitrogen and oxygen atoms in total. The molecular weight excluding hydrogens is 256 g/mol. The van der Waals surface area contributed by atoms with Crippen molar-refractivity contribution in [3.8, 4) is 0 Å². The van der Waals surface area contributed by atoms with Gasteiger partial charge in [-0.1, -0.05) is 11.2 Å². The number of nitrogens with two attached hydrogens (primary N) is 1. The Hall–Kier alpha value is -2.18. The first kappa shape index (κ1) is 14.9. The van der Waals surface area contributed by atoms with E-state index in [1.807, 2.05) is 0 Å². The molecule has 0 aliphatic carbocycles. The SMILES string of the molecule is CC(CC(N)=NO)NC(=O)Cc1c(F)cccc1F. The zero-order chi connectivity index (χ0) is 14.4. The fourth-order valence-corrected chi connectivity index (χ4v) is 1.59. The molecular formula is C12H15F2N3O2. The van der Waals surface area contributed by atoms with Crippen LogP contribution in [0.25, 0.3) is 0 Å². The highest BCUT2D eigenvalue weighted by molar-refractivity contribution is 5.82. The molecule has 0 aliphatic rings. The highest BCUT2D eigenvalue weighted by atomic mass is 19.1. The molecule has 0 aromatic heterocycles. The zero-order valence-electron chi connectivity index (χ0n) is 10.4. The number of halogens is 2. The Balaban J connectivity index is 2.61. The number of rotatable bonds is 5. The number of oxime groups is 1. The van der Waals surface area contributed by atoms with E-state index in [1.54, 1.807) is 6.92 Å². The van der Waals surface area contributed by atoms with Crippen LogP contribution in [-0.4, -0.2) is 23.0 Å². The van der Waals surface area contributed by atoms with Crippen molar-refractivity contribution < 1.29 is 18.8 Å². The number of nitrogens with zero attached hydrogens (tertiary/aromatic N) is 1. The summed E-state index contributed by atoms with van der Waals surface area (Å²) in [5.74, 6) is -2.11. The maximum absolute atomic E-state index is 13.3. The van der Waals surface area contributed by atoms with Gasteiger partial charge in [-0.25, -0.2) is 8.78 Å². The zero-order valence-corrected chi connectivity index (χ0v) is 10.4. The Labute approximate surface area is 109 Å². The fourth-order valence-electron chi connectivity index (χ4n) is 1.59. The largest absolute Gasteiger partial charge is 0.409 e. The van der Waals surface area contributed by atoms with Gasteiger partial charge in [0.25, 0.3) is 0 Å². The monoisotopic (exact) mass is 271 g/mol. The van der Waals surface area contributed by atoms with E-state index in [0.717, 1.165) is 12.1 Å². The van der Waals surface area contributed by atoms with Gasteiger partial charge in [0, 0.05) is 18.0 Å². The second kappa shape index (κ2) is 6.67. The molecule has 0 spiro atoms. The summed E-state index contributed by atoms with van der Waals surface area (Å²) in [4.78, 5) is 11.6. The van der Waals surface area contributed by atoms with E-state index in [2.05, 4.69) is 10.5 Å². The molecule has 1 atom stereocenters. The van der Waals surface area contributed by atoms with Crippen LogP contribution < -0.4 is 11.1 Å². The van der Waals surface area contributed by atoms with Crippen molar-refractivity contribution in [2.45, 2.75) is 25.8 Å². The molecule has 4 N–H and O–H groups in total. The summed E-state index contributed by atoms with van der Waals surface area (Å²) in [6, 6.07) is 3.00. The number of amides is 1. The molecule has 0 bridgehead atoms. The van der Waals surface area contributed by atoms with Gasteiger partial charge in [-0.3, -0.25) is 4.79 Å². The normalized spacial score (nSPS) is 13.1. The van der Waals surface area contributed by atoms with Gasteiger partial charge in [0.15, 0.2) is 0 Å². The molecule has 1 aromatic carbocycles. The minimum atomic E-state index is -0.765. The predicted molar refractivity (Wildman–Crippen MR) is 65.7 cm³/mol. The van der Waals surface area contributed by atoms with Crippen molar-refractivity contribution in [2.24, 2.45) is 10.9 Å². The lowest BCUT2D eigenvalue weighted by Gasteiger charge is -2.13. The first-order valence-corrected chi connectivity index (χ1v) is 5.62. The molecule has 0 aliphatic heterocycles. The van der Waals surface area contributed by atoms with Gasteiger partial charge in [0.1, 0.15) is 17.5 Å².